The molecule has 106 valence electrons. The van der Waals surface area contributed by atoms with Gasteiger partial charge >= 0.3 is 0 Å². The molecule has 0 saturated carbocycles. The second-order valence-electron chi connectivity index (χ2n) is 4.85. The molecule has 3 aromatic rings. The Kier molecular flexibility index (Phi) is 3.60. The van der Waals surface area contributed by atoms with Crippen LogP contribution in [-0.4, -0.2) is 16.9 Å². The van der Waals surface area contributed by atoms with Crippen LogP contribution in [0.4, 0.5) is 5.69 Å². The van der Waals surface area contributed by atoms with E-state index in [0.717, 1.165) is 17.0 Å². The Morgan fingerprint density at radius 1 is 1.10 bits per heavy atom. The minimum atomic E-state index is 0.666. The van der Waals surface area contributed by atoms with Crippen LogP contribution in [0.25, 0.3) is 11.3 Å². The van der Waals surface area contributed by atoms with Crippen molar-refractivity contribution in [3.8, 4) is 17.0 Å². The summed E-state index contributed by atoms with van der Waals surface area (Å²) in [5.74, 6) is 0.796. The Balaban J connectivity index is 1.90. The largest absolute Gasteiger partial charge is 0.497 e. The van der Waals surface area contributed by atoms with Crippen molar-refractivity contribution in [3.05, 3.63) is 66.4 Å². The molecule has 0 spiro atoms. The van der Waals surface area contributed by atoms with E-state index in [1.54, 1.807) is 7.11 Å². The molecule has 0 aliphatic rings. The molecule has 0 saturated heterocycles. The summed E-state index contributed by atoms with van der Waals surface area (Å²) in [7, 11) is 1.65. The predicted octanol–water partition coefficient (Wildman–Crippen LogP) is 3.19. The molecule has 1 aromatic heterocycles. The number of benzene rings is 2. The van der Waals surface area contributed by atoms with E-state index in [2.05, 4.69) is 17.2 Å². The van der Waals surface area contributed by atoms with Crippen molar-refractivity contribution >= 4 is 5.69 Å². The number of methoxy groups -OCH3 is 1. The third kappa shape index (κ3) is 2.89. The van der Waals surface area contributed by atoms with E-state index in [9.17, 15) is 0 Å². The molecular formula is C17H17N3O. The highest BCUT2D eigenvalue weighted by Crippen LogP contribution is 2.27. The van der Waals surface area contributed by atoms with Gasteiger partial charge in [-0.3, -0.25) is 4.68 Å². The van der Waals surface area contributed by atoms with Gasteiger partial charge in [0.15, 0.2) is 0 Å². The van der Waals surface area contributed by atoms with Crippen LogP contribution >= 0.6 is 0 Å². The number of aromatic nitrogens is 2. The van der Waals surface area contributed by atoms with Gasteiger partial charge in [0.2, 0.25) is 0 Å². The van der Waals surface area contributed by atoms with Gasteiger partial charge in [-0.2, -0.15) is 5.10 Å². The topological polar surface area (TPSA) is 53.1 Å². The highest BCUT2D eigenvalue weighted by atomic mass is 16.5. The first-order valence-corrected chi connectivity index (χ1v) is 6.77. The maximum Gasteiger partial charge on any atom is 0.119 e. The Bertz CT molecular complexity index is 735. The van der Waals surface area contributed by atoms with E-state index in [4.69, 9.17) is 10.5 Å². The van der Waals surface area contributed by atoms with E-state index in [0.29, 0.717) is 12.2 Å². The molecule has 0 amide bonds. The zero-order chi connectivity index (χ0) is 14.7. The second-order valence-corrected chi connectivity index (χ2v) is 4.85. The molecule has 0 atom stereocenters. The first kappa shape index (κ1) is 13.2. The van der Waals surface area contributed by atoms with Crippen molar-refractivity contribution in [2.24, 2.45) is 0 Å². The fourth-order valence-corrected chi connectivity index (χ4v) is 2.28. The van der Waals surface area contributed by atoms with Gasteiger partial charge in [0, 0.05) is 11.8 Å². The lowest BCUT2D eigenvalue weighted by molar-refractivity contribution is 0.415. The molecule has 3 rings (SSSR count). The number of ether oxygens (including phenoxy) is 1. The molecule has 2 N–H and O–H groups in total. The van der Waals surface area contributed by atoms with Crippen molar-refractivity contribution in [2.45, 2.75) is 6.54 Å². The molecule has 0 bridgehead atoms. The van der Waals surface area contributed by atoms with Crippen molar-refractivity contribution in [3.63, 3.8) is 0 Å². The predicted molar refractivity (Wildman–Crippen MR) is 84.2 cm³/mol. The van der Waals surface area contributed by atoms with Gasteiger partial charge in [-0.1, -0.05) is 42.5 Å². The molecule has 2 aromatic carbocycles. The zero-order valence-electron chi connectivity index (χ0n) is 11.9. The van der Waals surface area contributed by atoms with Crippen LogP contribution in [0.5, 0.6) is 5.75 Å². The van der Waals surface area contributed by atoms with E-state index in [-0.39, 0.29) is 0 Å². The Morgan fingerprint density at radius 3 is 2.67 bits per heavy atom. The van der Waals surface area contributed by atoms with Crippen LogP contribution < -0.4 is 10.5 Å². The van der Waals surface area contributed by atoms with Gasteiger partial charge in [0.1, 0.15) is 11.4 Å². The summed E-state index contributed by atoms with van der Waals surface area (Å²) in [5, 5.41) is 4.59. The molecule has 0 radical (unpaired) electrons. The van der Waals surface area contributed by atoms with Gasteiger partial charge < -0.3 is 10.5 Å². The normalized spacial score (nSPS) is 10.5. The third-order valence-electron chi connectivity index (χ3n) is 3.32. The van der Waals surface area contributed by atoms with E-state index >= 15 is 0 Å². The monoisotopic (exact) mass is 279 g/mol. The first-order valence-electron chi connectivity index (χ1n) is 6.77. The number of nitrogens with zero attached hydrogens (tertiary/aromatic N) is 2. The lowest BCUT2D eigenvalue weighted by Crippen LogP contribution is -2.00. The summed E-state index contributed by atoms with van der Waals surface area (Å²) >= 11 is 0. The number of nitrogen functional groups attached to an aromatic ring is 1. The van der Waals surface area contributed by atoms with Crippen LogP contribution in [0.3, 0.4) is 0 Å². The number of hydrogen-bond acceptors (Lipinski definition) is 3. The molecule has 0 aliphatic carbocycles. The third-order valence-corrected chi connectivity index (χ3v) is 3.32. The molecular weight excluding hydrogens is 262 g/mol. The summed E-state index contributed by atoms with van der Waals surface area (Å²) in [6.07, 6.45) is 1.86. The van der Waals surface area contributed by atoms with Crippen LogP contribution in [0.2, 0.25) is 0 Å². The van der Waals surface area contributed by atoms with Gasteiger partial charge in [0.05, 0.1) is 19.3 Å². The summed E-state index contributed by atoms with van der Waals surface area (Å²) in [6.45, 7) is 0.703. The molecule has 1 heterocycles. The molecule has 21 heavy (non-hydrogen) atoms. The Hall–Kier alpha value is -2.75. The summed E-state index contributed by atoms with van der Waals surface area (Å²) in [6, 6.07) is 17.9. The standard InChI is InChI=1S/C17H17N3O/c1-21-15-9-5-8-14(10-15)17-16(18)12-20(19-17)11-13-6-3-2-4-7-13/h2-10,12H,11,18H2,1H3. The van der Waals surface area contributed by atoms with Crippen LogP contribution in [0, 0.1) is 0 Å². The maximum absolute atomic E-state index is 6.09. The van der Waals surface area contributed by atoms with Gasteiger partial charge in [-0.15, -0.1) is 0 Å². The molecule has 0 unspecified atom stereocenters. The smallest absolute Gasteiger partial charge is 0.119 e. The quantitative estimate of drug-likeness (QED) is 0.798. The van der Waals surface area contributed by atoms with Crippen LogP contribution in [0.1, 0.15) is 5.56 Å². The molecule has 4 heteroatoms. The minimum Gasteiger partial charge on any atom is -0.497 e. The van der Waals surface area contributed by atoms with Crippen LogP contribution in [0.15, 0.2) is 60.8 Å². The summed E-state index contributed by atoms with van der Waals surface area (Å²) in [5.41, 5.74) is 9.69. The number of rotatable bonds is 4. The minimum absolute atomic E-state index is 0.666. The highest BCUT2D eigenvalue weighted by Gasteiger charge is 2.09. The zero-order valence-corrected chi connectivity index (χ0v) is 11.9. The Morgan fingerprint density at radius 2 is 1.90 bits per heavy atom. The highest BCUT2D eigenvalue weighted by molar-refractivity contribution is 5.72. The molecule has 0 aliphatic heterocycles. The number of anilines is 1. The van der Waals surface area contributed by atoms with E-state index in [1.165, 1.54) is 5.56 Å². The average molecular weight is 279 g/mol. The van der Waals surface area contributed by atoms with Crippen molar-refractivity contribution in [1.82, 2.24) is 9.78 Å². The second kappa shape index (κ2) is 5.71. The summed E-state index contributed by atoms with van der Waals surface area (Å²) < 4.78 is 7.10. The van der Waals surface area contributed by atoms with Crippen molar-refractivity contribution in [1.29, 1.82) is 0 Å². The summed E-state index contributed by atoms with van der Waals surface area (Å²) in [4.78, 5) is 0. The van der Waals surface area contributed by atoms with Crippen LogP contribution in [-0.2, 0) is 6.54 Å². The fourth-order valence-electron chi connectivity index (χ4n) is 2.28. The van der Waals surface area contributed by atoms with Crippen molar-refractivity contribution < 1.29 is 4.74 Å². The maximum atomic E-state index is 6.09. The number of hydrogen-bond donors (Lipinski definition) is 1. The molecule has 4 nitrogen and oxygen atoms in total. The van der Waals surface area contributed by atoms with Crippen molar-refractivity contribution in [2.75, 3.05) is 12.8 Å². The first-order chi connectivity index (χ1) is 10.3. The van der Waals surface area contributed by atoms with E-state index in [1.807, 2.05) is 53.3 Å². The van der Waals surface area contributed by atoms with Gasteiger partial charge in [0.25, 0.3) is 0 Å². The lowest BCUT2D eigenvalue weighted by Gasteiger charge is -2.03. The SMILES string of the molecule is COc1cccc(-c2nn(Cc3ccccc3)cc2N)c1. The number of nitrogens with two attached hydrogens (primary N) is 1. The molecule has 0 fully saturated rings. The van der Waals surface area contributed by atoms with Gasteiger partial charge in [-0.25, -0.2) is 0 Å². The lowest BCUT2D eigenvalue weighted by atomic mass is 10.1. The van der Waals surface area contributed by atoms with E-state index < -0.39 is 0 Å². The average Bonchev–Trinajstić information content (AvgIpc) is 2.89. The fraction of sp³-hybridized carbons (Fsp3) is 0.118. The van der Waals surface area contributed by atoms with Gasteiger partial charge in [-0.05, 0) is 17.7 Å². The Labute approximate surface area is 123 Å².